The Morgan fingerprint density at radius 3 is 2.28 bits per heavy atom. The van der Waals surface area contributed by atoms with E-state index < -0.39 is 0 Å². The summed E-state index contributed by atoms with van der Waals surface area (Å²) < 4.78 is 0. The molecule has 0 aromatic heterocycles. The highest BCUT2D eigenvalue weighted by Crippen LogP contribution is 2.24. The van der Waals surface area contributed by atoms with Crippen molar-refractivity contribution < 1.29 is 9.59 Å². The summed E-state index contributed by atoms with van der Waals surface area (Å²) >= 11 is 0. The van der Waals surface area contributed by atoms with Crippen molar-refractivity contribution in [3.8, 4) is 0 Å². The van der Waals surface area contributed by atoms with Gasteiger partial charge in [-0.15, -0.1) is 6.58 Å². The van der Waals surface area contributed by atoms with Crippen LogP contribution in [0.2, 0.25) is 0 Å². The Balaban J connectivity index is 2.11. The highest BCUT2D eigenvalue weighted by Gasteiger charge is 2.35. The third-order valence-electron chi connectivity index (χ3n) is 3.24. The monoisotopic (exact) mass is 243 g/mol. The molecule has 3 heteroatoms. The molecule has 0 unspecified atom stereocenters. The minimum atomic E-state index is -0.166. The zero-order chi connectivity index (χ0) is 13.1. The normalized spacial score (nSPS) is 15.7. The van der Waals surface area contributed by atoms with E-state index in [2.05, 4.69) is 6.58 Å². The Bertz CT molecular complexity index is 458. The molecule has 3 nitrogen and oxygen atoms in total. The van der Waals surface area contributed by atoms with Crippen molar-refractivity contribution in [2.45, 2.75) is 19.8 Å². The first kappa shape index (κ1) is 12.6. The lowest BCUT2D eigenvalue weighted by atomic mass is 10.1. The third kappa shape index (κ3) is 2.21. The zero-order valence-electron chi connectivity index (χ0n) is 10.6. The lowest BCUT2D eigenvalue weighted by Crippen LogP contribution is -2.33. The van der Waals surface area contributed by atoms with Crippen LogP contribution < -0.4 is 0 Å². The minimum absolute atomic E-state index is 0.166. The first-order valence-corrected chi connectivity index (χ1v) is 6.21. The van der Waals surface area contributed by atoms with Gasteiger partial charge >= 0.3 is 0 Å². The summed E-state index contributed by atoms with van der Waals surface area (Å²) in [6.07, 6.45) is 3.71. The molecule has 1 aromatic carbocycles. The van der Waals surface area contributed by atoms with E-state index in [0.717, 1.165) is 12.8 Å². The second-order valence-electron chi connectivity index (χ2n) is 4.74. The number of hydrogen-bond donors (Lipinski definition) is 0. The second kappa shape index (κ2) is 5.17. The maximum absolute atomic E-state index is 12.1. The Kier molecular flexibility index (Phi) is 3.60. The Morgan fingerprint density at radius 1 is 1.22 bits per heavy atom. The van der Waals surface area contributed by atoms with Crippen LogP contribution in [0.15, 0.2) is 36.9 Å². The van der Waals surface area contributed by atoms with Gasteiger partial charge in [-0.25, -0.2) is 0 Å². The van der Waals surface area contributed by atoms with Crippen molar-refractivity contribution in [3.63, 3.8) is 0 Å². The van der Waals surface area contributed by atoms with E-state index in [9.17, 15) is 9.59 Å². The van der Waals surface area contributed by atoms with E-state index in [-0.39, 0.29) is 11.8 Å². The van der Waals surface area contributed by atoms with Gasteiger partial charge in [-0.1, -0.05) is 25.1 Å². The van der Waals surface area contributed by atoms with Crippen LogP contribution in [-0.4, -0.2) is 23.3 Å². The van der Waals surface area contributed by atoms with E-state index in [1.807, 2.05) is 13.0 Å². The Labute approximate surface area is 107 Å². The van der Waals surface area contributed by atoms with Gasteiger partial charge < -0.3 is 0 Å². The van der Waals surface area contributed by atoms with Crippen LogP contribution >= 0.6 is 0 Å². The molecule has 1 heterocycles. The molecule has 2 rings (SSSR count). The minimum Gasteiger partial charge on any atom is -0.274 e. The molecule has 1 aliphatic rings. The highest BCUT2D eigenvalue weighted by molar-refractivity contribution is 6.21. The number of hydrogen-bond acceptors (Lipinski definition) is 2. The maximum atomic E-state index is 12.1. The van der Waals surface area contributed by atoms with Crippen molar-refractivity contribution in [2.75, 3.05) is 6.54 Å². The van der Waals surface area contributed by atoms with Crippen molar-refractivity contribution in [3.05, 3.63) is 48.0 Å². The summed E-state index contributed by atoms with van der Waals surface area (Å²) in [6, 6.07) is 7.00. The Morgan fingerprint density at radius 2 is 1.78 bits per heavy atom. The van der Waals surface area contributed by atoms with Crippen LogP contribution in [0, 0.1) is 5.92 Å². The van der Waals surface area contributed by atoms with E-state index in [1.165, 1.54) is 4.90 Å². The molecular weight excluding hydrogens is 226 g/mol. The molecule has 1 aliphatic heterocycles. The summed E-state index contributed by atoms with van der Waals surface area (Å²) in [7, 11) is 0. The summed E-state index contributed by atoms with van der Waals surface area (Å²) in [5.41, 5.74) is 1.05. The molecule has 2 amide bonds. The van der Waals surface area contributed by atoms with Gasteiger partial charge in [0.25, 0.3) is 11.8 Å². The van der Waals surface area contributed by atoms with E-state index >= 15 is 0 Å². The van der Waals surface area contributed by atoms with E-state index in [4.69, 9.17) is 0 Å². The van der Waals surface area contributed by atoms with Gasteiger partial charge in [0.05, 0.1) is 11.1 Å². The quantitative estimate of drug-likeness (QED) is 0.589. The molecule has 18 heavy (non-hydrogen) atoms. The van der Waals surface area contributed by atoms with Gasteiger partial charge in [0.1, 0.15) is 0 Å². The van der Waals surface area contributed by atoms with Crippen LogP contribution in [0.25, 0.3) is 0 Å². The summed E-state index contributed by atoms with van der Waals surface area (Å²) in [5.74, 6) is -0.0349. The van der Waals surface area contributed by atoms with Crippen LogP contribution in [0.4, 0.5) is 0 Å². The fraction of sp³-hybridized carbons (Fsp3) is 0.333. The van der Waals surface area contributed by atoms with Crippen molar-refractivity contribution >= 4 is 11.8 Å². The number of allylic oxidation sites excluding steroid dienone is 1. The topological polar surface area (TPSA) is 37.4 Å². The molecule has 0 aliphatic carbocycles. The Hall–Kier alpha value is -1.90. The molecule has 0 saturated heterocycles. The second-order valence-corrected chi connectivity index (χ2v) is 4.74. The number of carbonyl (C=O) groups excluding carboxylic acids is 2. The van der Waals surface area contributed by atoms with Gasteiger partial charge in [-0.2, -0.15) is 0 Å². The fourth-order valence-electron chi connectivity index (χ4n) is 2.21. The number of amides is 2. The van der Waals surface area contributed by atoms with Gasteiger partial charge in [0.15, 0.2) is 0 Å². The number of fused-ring (bicyclic) bond motifs is 1. The molecule has 0 N–H and O–H groups in total. The first-order chi connectivity index (χ1) is 8.65. The molecule has 94 valence electrons. The summed E-state index contributed by atoms with van der Waals surface area (Å²) in [6.45, 7) is 6.21. The molecule has 1 atom stereocenters. The number of carbonyl (C=O) groups is 2. The lowest BCUT2D eigenvalue weighted by molar-refractivity contribution is 0.0630. The third-order valence-corrected chi connectivity index (χ3v) is 3.24. The zero-order valence-corrected chi connectivity index (χ0v) is 10.6. The number of rotatable bonds is 5. The predicted octanol–water partition coefficient (Wildman–Crippen LogP) is 2.88. The number of nitrogens with zero attached hydrogens (tertiary/aromatic N) is 1. The molecule has 0 fully saturated rings. The summed E-state index contributed by atoms with van der Waals surface area (Å²) in [5, 5.41) is 0. The van der Waals surface area contributed by atoms with Crippen LogP contribution in [0.1, 0.15) is 40.5 Å². The summed E-state index contributed by atoms with van der Waals surface area (Å²) in [4.78, 5) is 25.6. The van der Waals surface area contributed by atoms with Gasteiger partial charge in [-0.3, -0.25) is 14.5 Å². The standard InChI is InChI=1S/C15H17NO2/c1-3-4-7-11(2)10-16-14(17)12-8-5-6-9-13(12)15(16)18/h3,5-6,8-9,11H,1,4,7,10H2,2H3/t11-/m0/s1. The average Bonchev–Trinajstić information content (AvgIpc) is 2.62. The maximum Gasteiger partial charge on any atom is 0.261 e. The molecular formula is C15H17NO2. The van der Waals surface area contributed by atoms with Crippen LogP contribution in [-0.2, 0) is 0 Å². The largest absolute Gasteiger partial charge is 0.274 e. The smallest absolute Gasteiger partial charge is 0.261 e. The number of benzene rings is 1. The van der Waals surface area contributed by atoms with E-state index in [0.29, 0.717) is 23.6 Å². The van der Waals surface area contributed by atoms with Crippen molar-refractivity contribution in [1.29, 1.82) is 0 Å². The highest BCUT2D eigenvalue weighted by atomic mass is 16.2. The predicted molar refractivity (Wildman–Crippen MR) is 70.4 cm³/mol. The van der Waals surface area contributed by atoms with Crippen molar-refractivity contribution in [2.24, 2.45) is 5.92 Å². The first-order valence-electron chi connectivity index (χ1n) is 6.21. The lowest BCUT2D eigenvalue weighted by Gasteiger charge is -2.18. The SMILES string of the molecule is C=CCC[C@H](C)CN1C(=O)c2ccccc2C1=O. The fourth-order valence-corrected chi connectivity index (χ4v) is 2.21. The number of imide groups is 1. The van der Waals surface area contributed by atoms with Gasteiger partial charge in [-0.05, 0) is 30.9 Å². The molecule has 0 radical (unpaired) electrons. The van der Waals surface area contributed by atoms with E-state index in [1.54, 1.807) is 24.3 Å². The molecule has 1 aromatic rings. The van der Waals surface area contributed by atoms with Crippen LogP contribution in [0.3, 0.4) is 0 Å². The van der Waals surface area contributed by atoms with Gasteiger partial charge in [0, 0.05) is 6.54 Å². The molecule has 0 bridgehead atoms. The molecule has 0 saturated carbocycles. The molecule has 0 spiro atoms. The van der Waals surface area contributed by atoms with Crippen LogP contribution in [0.5, 0.6) is 0 Å². The average molecular weight is 243 g/mol. The van der Waals surface area contributed by atoms with Gasteiger partial charge in [0.2, 0.25) is 0 Å². The van der Waals surface area contributed by atoms with Crippen molar-refractivity contribution in [1.82, 2.24) is 4.90 Å².